The van der Waals surface area contributed by atoms with Crippen LogP contribution in [0.15, 0.2) is 42.0 Å². The monoisotopic (exact) mass is 352 g/mol. The maximum atomic E-state index is 12.1. The van der Waals surface area contributed by atoms with Gasteiger partial charge in [-0.2, -0.15) is 5.26 Å². The molecule has 0 aliphatic carbocycles. The number of amides is 1. The van der Waals surface area contributed by atoms with Gasteiger partial charge in [-0.25, -0.2) is 0 Å². The molecule has 0 spiro atoms. The number of rotatable bonds is 5. The second kappa shape index (κ2) is 8.50. The van der Waals surface area contributed by atoms with Crippen LogP contribution in [-0.2, 0) is 4.79 Å². The first-order valence-electron chi connectivity index (χ1n) is 8.23. The smallest absolute Gasteiger partial charge is 0.246 e. The maximum absolute atomic E-state index is 12.1. The van der Waals surface area contributed by atoms with E-state index in [1.54, 1.807) is 6.92 Å². The summed E-state index contributed by atoms with van der Waals surface area (Å²) in [6.45, 7) is 6.44. The van der Waals surface area contributed by atoms with Crippen LogP contribution < -0.4 is 5.32 Å². The summed E-state index contributed by atoms with van der Waals surface area (Å²) in [6.07, 6.45) is 2.73. The van der Waals surface area contributed by atoms with Gasteiger partial charge in [0.15, 0.2) is 0 Å². The average Bonchev–Trinajstić information content (AvgIpc) is 2.62. The quantitative estimate of drug-likeness (QED) is 0.759. The number of hydrogen-bond acceptors (Lipinski definition) is 2. The summed E-state index contributed by atoms with van der Waals surface area (Å²) in [4.78, 5) is 12.1. The predicted molar refractivity (Wildman–Crippen MR) is 103 cm³/mol. The van der Waals surface area contributed by atoms with Crippen LogP contribution in [0.3, 0.4) is 0 Å². The Morgan fingerprint density at radius 1 is 1.28 bits per heavy atom. The van der Waals surface area contributed by atoms with E-state index in [1.165, 1.54) is 0 Å². The van der Waals surface area contributed by atoms with Crippen molar-refractivity contribution in [2.45, 2.75) is 27.2 Å². The lowest BCUT2D eigenvalue weighted by Gasteiger charge is -2.12. The average molecular weight is 353 g/mol. The highest BCUT2D eigenvalue weighted by molar-refractivity contribution is 6.30. The van der Waals surface area contributed by atoms with E-state index in [9.17, 15) is 10.1 Å². The molecule has 3 nitrogen and oxygen atoms in total. The van der Waals surface area contributed by atoms with Crippen LogP contribution in [0, 0.1) is 18.3 Å². The summed E-state index contributed by atoms with van der Waals surface area (Å²) in [5.41, 5.74) is 5.01. The van der Waals surface area contributed by atoms with Crippen molar-refractivity contribution < 1.29 is 4.79 Å². The molecule has 1 N–H and O–H groups in total. The van der Waals surface area contributed by atoms with Gasteiger partial charge in [0.25, 0.3) is 0 Å². The standard InChI is InChI=1S/C21H21ClN2O/c1-4-9-24-21(25)14(2)10-18-11-16(13-23)12-20(15(18)3)17-5-7-19(22)8-6-17/h5-8,10-12H,4,9H2,1-3H3,(H,24,25)/b14-10+. The third kappa shape index (κ3) is 4.71. The van der Waals surface area contributed by atoms with E-state index in [2.05, 4.69) is 11.4 Å². The molecule has 2 aromatic rings. The van der Waals surface area contributed by atoms with Crippen molar-refractivity contribution in [1.82, 2.24) is 5.32 Å². The van der Waals surface area contributed by atoms with Gasteiger partial charge < -0.3 is 5.32 Å². The topological polar surface area (TPSA) is 52.9 Å². The van der Waals surface area contributed by atoms with Gasteiger partial charge in [0.05, 0.1) is 11.6 Å². The van der Waals surface area contributed by atoms with E-state index < -0.39 is 0 Å². The zero-order valence-corrected chi connectivity index (χ0v) is 15.4. The van der Waals surface area contributed by atoms with Gasteiger partial charge in [0.1, 0.15) is 0 Å². The summed E-state index contributed by atoms with van der Waals surface area (Å²) in [5, 5.41) is 12.9. The van der Waals surface area contributed by atoms with E-state index >= 15 is 0 Å². The third-order valence-electron chi connectivity index (χ3n) is 4.00. The van der Waals surface area contributed by atoms with E-state index in [4.69, 9.17) is 11.6 Å². The van der Waals surface area contributed by atoms with Crippen molar-refractivity contribution >= 4 is 23.6 Å². The molecule has 0 unspecified atom stereocenters. The molecule has 0 atom stereocenters. The highest BCUT2D eigenvalue weighted by Crippen LogP contribution is 2.29. The predicted octanol–water partition coefficient (Wildman–Crippen LogP) is 5.12. The molecule has 4 heteroatoms. The number of carbonyl (C=O) groups is 1. The van der Waals surface area contributed by atoms with Crippen LogP contribution in [0.1, 0.15) is 37.0 Å². The van der Waals surface area contributed by atoms with E-state index in [1.807, 2.05) is 56.3 Å². The normalized spacial score (nSPS) is 11.1. The van der Waals surface area contributed by atoms with Gasteiger partial charge in [-0.05, 0) is 72.9 Å². The molecule has 0 bridgehead atoms. The van der Waals surface area contributed by atoms with Gasteiger partial charge >= 0.3 is 0 Å². The van der Waals surface area contributed by atoms with Gasteiger partial charge in [0, 0.05) is 17.1 Å². The highest BCUT2D eigenvalue weighted by atomic mass is 35.5. The second-order valence-corrected chi connectivity index (χ2v) is 6.38. The Kier molecular flexibility index (Phi) is 6.38. The van der Waals surface area contributed by atoms with E-state index in [0.717, 1.165) is 28.7 Å². The summed E-state index contributed by atoms with van der Waals surface area (Å²) >= 11 is 5.97. The Bertz CT molecular complexity index is 845. The fourth-order valence-electron chi connectivity index (χ4n) is 2.56. The summed E-state index contributed by atoms with van der Waals surface area (Å²) in [7, 11) is 0. The van der Waals surface area contributed by atoms with Crippen molar-refractivity contribution in [2.24, 2.45) is 0 Å². The minimum atomic E-state index is -0.0864. The molecule has 25 heavy (non-hydrogen) atoms. The van der Waals surface area contributed by atoms with Gasteiger partial charge in [-0.3, -0.25) is 4.79 Å². The lowest BCUT2D eigenvalue weighted by Crippen LogP contribution is -2.24. The molecule has 1 amide bonds. The Morgan fingerprint density at radius 2 is 1.96 bits per heavy atom. The number of carbonyl (C=O) groups excluding carboxylic acids is 1. The largest absolute Gasteiger partial charge is 0.352 e. The van der Waals surface area contributed by atoms with E-state index in [0.29, 0.717) is 22.7 Å². The molecule has 128 valence electrons. The SMILES string of the molecule is CCCNC(=O)/C(C)=C/c1cc(C#N)cc(-c2ccc(Cl)cc2)c1C. The summed E-state index contributed by atoms with van der Waals surface area (Å²) in [6, 6.07) is 13.4. The first-order chi connectivity index (χ1) is 12.0. The molecule has 0 saturated carbocycles. The van der Waals surface area contributed by atoms with Crippen LogP contribution >= 0.6 is 11.6 Å². The molecule has 2 rings (SSSR count). The van der Waals surface area contributed by atoms with Crippen molar-refractivity contribution in [2.75, 3.05) is 6.54 Å². The van der Waals surface area contributed by atoms with Crippen molar-refractivity contribution in [3.05, 3.63) is 63.7 Å². The zero-order chi connectivity index (χ0) is 18.4. The second-order valence-electron chi connectivity index (χ2n) is 5.94. The molecule has 0 aliphatic rings. The molecule has 0 heterocycles. The van der Waals surface area contributed by atoms with Crippen molar-refractivity contribution in [1.29, 1.82) is 5.26 Å². The number of hydrogen-bond donors (Lipinski definition) is 1. The summed E-state index contributed by atoms with van der Waals surface area (Å²) in [5.74, 6) is -0.0864. The minimum absolute atomic E-state index is 0.0864. The molecule has 0 aromatic heterocycles. The highest BCUT2D eigenvalue weighted by Gasteiger charge is 2.10. The Hall–Kier alpha value is -2.57. The van der Waals surface area contributed by atoms with Crippen LogP contribution in [0.5, 0.6) is 0 Å². The maximum Gasteiger partial charge on any atom is 0.246 e. The summed E-state index contributed by atoms with van der Waals surface area (Å²) < 4.78 is 0. The fraction of sp³-hybridized carbons (Fsp3) is 0.238. The van der Waals surface area contributed by atoms with Crippen molar-refractivity contribution in [3.63, 3.8) is 0 Å². The Labute approximate surface area is 153 Å². The molecule has 0 saturated heterocycles. The Morgan fingerprint density at radius 3 is 2.56 bits per heavy atom. The lowest BCUT2D eigenvalue weighted by atomic mass is 9.93. The van der Waals surface area contributed by atoms with Crippen LogP contribution in [0.25, 0.3) is 17.2 Å². The first kappa shape index (κ1) is 18.8. The number of nitriles is 1. The van der Waals surface area contributed by atoms with Crippen LogP contribution in [-0.4, -0.2) is 12.5 Å². The lowest BCUT2D eigenvalue weighted by molar-refractivity contribution is -0.117. The van der Waals surface area contributed by atoms with Crippen LogP contribution in [0.4, 0.5) is 0 Å². The Balaban J connectivity index is 2.49. The van der Waals surface area contributed by atoms with E-state index in [-0.39, 0.29) is 5.91 Å². The molecular weight excluding hydrogens is 332 g/mol. The molecule has 0 aliphatic heterocycles. The number of benzene rings is 2. The van der Waals surface area contributed by atoms with Gasteiger partial charge in [-0.1, -0.05) is 30.7 Å². The fourth-order valence-corrected chi connectivity index (χ4v) is 2.68. The first-order valence-corrected chi connectivity index (χ1v) is 8.61. The molecule has 0 fully saturated rings. The van der Waals surface area contributed by atoms with Gasteiger partial charge in [0.2, 0.25) is 5.91 Å². The molecule has 0 radical (unpaired) electrons. The van der Waals surface area contributed by atoms with Crippen LogP contribution in [0.2, 0.25) is 5.02 Å². The van der Waals surface area contributed by atoms with Gasteiger partial charge in [-0.15, -0.1) is 0 Å². The molecule has 2 aromatic carbocycles. The number of nitrogens with zero attached hydrogens (tertiary/aromatic N) is 1. The number of nitrogens with one attached hydrogen (secondary N) is 1. The molecular formula is C21H21ClN2O. The zero-order valence-electron chi connectivity index (χ0n) is 14.7. The number of halogens is 1. The van der Waals surface area contributed by atoms with Crippen molar-refractivity contribution in [3.8, 4) is 17.2 Å². The third-order valence-corrected chi connectivity index (χ3v) is 4.25. The minimum Gasteiger partial charge on any atom is -0.352 e.